The van der Waals surface area contributed by atoms with Crippen molar-refractivity contribution in [2.24, 2.45) is 0 Å². The third-order valence-electron chi connectivity index (χ3n) is 2.44. The van der Waals surface area contributed by atoms with Crippen LogP contribution in [-0.4, -0.2) is 41.3 Å². The normalized spacial score (nSPS) is 10.9. The van der Waals surface area contributed by atoms with Crippen LogP contribution in [0.2, 0.25) is 0 Å². The number of hydrogen-bond donors (Lipinski definition) is 3. The average molecular weight is 246 g/mol. The summed E-state index contributed by atoms with van der Waals surface area (Å²) in [7, 11) is 0. The van der Waals surface area contributed by atoms with Crippen LogP contribution >= 0.6 is 0 Å². The molecule has 0 spiro atoms. The quantitative estimate of drug-likeness (QED) is 0.554. The van der Waals surface area contributed by atoms with Crippen molar-refractivity contribution in [3.05, 3.63) is 35.0 Å². The molecule has 3 heterocycles. The Labute approximate surface area is 100 Å². The number of aromatic amines is 2. The molecule has 0 aliphatic carbocycles. The smallest absolute Gasteiger partial charge is 0.348 e. The molecule has 0 amide bonds. The highest BCUT2D eigenvalue weighted by atomic mass is 16.1. The van der Waals surface area contributed by atoms with Crippen LogP contribution in [0.25, 0.3) is 5.65 Å². The van der Waals surface area contributed by atoms with Gasteiger partial charge in [0.2, 0.25) is 0 Å². The van der Waals surface area contributed by atoms with Gasteiger partial charge in [-0.25, -0.2) is 24.3 Å². The zero-order chi connectivity index (χ0) is 12.4. The summed E-state index contributed by atoms with van der Waals surface area (Å²) in [5.74, 6) is 1.46. The fraction of sp³-hybridized carbons (Fsp3) is 0.222. The van der Waals surface area contributed by atoms with Gasteiger partial charge in [0.1, 0.15) is 24.3 Å². The highest BCUT2D eigenvalue weighted by Crippen LogP contribution is 2.04. The van der Waals surface area contributed by atoms with Crippen molar-refractivity contribution >= 4 is 11.5 Å². The Morgan fingerprint density at radius 1 is 1.33 bits per heavy atom. The number of nitrogens with one attached hydrogen (secondary N) is 3. The monoisotopic (exact) mass is 246 g/mol. The molecule has 0 radical (unpaired) electrons. The second-order valence-corrected chi connectivity index (χ2v) is 3.64. The zero-order valence-electron chi connectivity index (χ0n) is 9.29. The number of nitrogens with zero attached hydrogens (tertiary/aromatic N) is 5. The van der Waals surface area contributed by atoms with Gasteiger partial charge in [-0.3, -0.25) is 5.10 Å². The van der Waals surface area contributed by atoms with E-state index in [1.54, 1.807) is 6.07 Å². The molecule has 0 saturated heterocycles. The number of H-pyrrole nitrogens is 2. The van der Waals surface area contributed by atoms with Gasteiger partial charge in [-0.15, -0.1) is 0 Å². The van der Waals surface area contributed by atoms with Gasteiger partial charge in [0, 0.05) is 19.0 Å². The van der Waals surface area contributed by atoms with E-state index < -0.39 is 0 Å². The maximum Gasteiger partial charge on any atom is 0.348 e. The van der Waals surface area contributed by atoms with Gasteiger partial charge < -0.3 is 5.32 Å². The summed E-state index contributed by atoms with van der Waals surface area (Å²) in [4.78, 5) is 19.3. The molecule has 3 aromatic heterocycles. The van der Waals surface area contributed by atoms with Crippen LogP contribution in [0.4, 0.5) is 5.82 Å². The molecule has 0 fully saturated rings. The van der Waals surface area contributed by atoms with Crippen LogP contribution in [0, 0.1) is 0 Å². The standard InChI is InChI=1S/C9H10N8O/c18-9-16-15-8-3-7(12-5-17(8)9)10-2-1-6-11-4-13-14-6/h3-5,10H,1-2H2,(H,16,18)(H,11,13,14). The van der Waals surface area contributed by atoms with E-state index in [0.29, 0.717) is 24.4 Å². The Kier molecular flexibility index (Phi) is 2.48. The van der Waals surface area contributed by atoms with Crippen LogP contribution in [-0.2, 0) is 6.42 Å². The molecule has 18 heavy (non-hydrogen) atoms. The first-order valence-electron chi connectivity index (χ1n) is 5.34. The van der Waals surface area contributed by atoms with Gasteiger partial charge in [-0.1, -0.05) is 0 Å². The van der Waals surface area contributed by atoms with Crippen LogP contribution in [0.1, 0.15) is 5.82 Å². The van der Waals surface area contributed by atoms with E-state index in [1.807, 2.05) is 0 Å². The molecule has 0 saturated carbocycles. The maximum atomic E-state index is 11.2. The minimum Gasteiger partial charge on any atom is -0.369 e. The van der Waals surface area contributed by atoms with Gasteiger partial charge in [-0.2, -0.15) is 10.2 Å². The molecule has 9 heteroatoms. The first-order chi connectivity index (χ1) is 8.83. The molecule has 0 bridgehead atoms. The number of fused-ring (bicyclic) bond motifs is 1. The Balaban J connectivity index is 1.69. The molecule has 0 aliphatic heterocycles. The van der Waals surface area contributed by atoms with Crippen LogP contribution in [0.5, 0.6) is 0 Å². The van der Waals surface area contributed by atoms with Crippen LogP contribution in [0.3, 0.4) is 0 Å². The second-order valence-electron chi connectivity index (χ2n) is 3.64. The lowest BCUT2D eigenvalue weighted by atomic mass is 10.4. The first-order valence-corrected chi connectivity index (χ1v) is 5.34. The largest absolute Gasteiger partial charge is 0.369 e. The van der Waals surface area contributed by atoms with Gasteiger partial charge in [0.25, 0.3) is 0 Å². The van der Waals surface area contributed by atoms with Gasteiger partial charge in [0.15, 0.2) is 5.65 Å². The van der Waals surface area contributed by atoms with Crippen molar-refractivity contribution in [2.75, 3.05) is 11.9 Å². The van der Waals surface area contributed by atoms with E-state index in [-0.39, 0.29) is 5.69 Å². The Bertz CT molecular complexity index is 697. The van der Waals surface area contributed by atoms with Gasteiger partial charge in [-0.05, 0) is 0 Å². The van der Waals surface area contributed by atoms with Crippen molar-refractivity contribution in [2.45, 2.75) is 6.42 Å². The highest BCUT2D eigenvalue weighted by molar-refractivity contribution is 5.48. The van der Waals surface area contributed by atoms with Crippen molar-refractivity contribution in [1.82, 2.24) is 34.8 Å². The molecule has 92 valence electrons. The van der Waals surface area contributed by atoms with E-state index in [9.17, 15) is 4.79 Å². The average Bonchev–Trinajstić information content (AvgIpc) is 3.00. The van der Waals surface area contributed by atoms with Gasteiger partial charge in [0.05, 0.1) is 0 Å². The summed E-state index contributed by atoms with van der Waals surface area (Å²) < 4.78 is 1.33. The fourth-order valence-electron chi connectivity index (χ4n) is 1.57. The number of rotatable bonds is 4. The fourth-order valence-corrected chi connectivity index (χ4v) is 1.57. The topological polar surface area (TPSA) is 117 Å². The summed E-state index contributed by atoms with van der Waals surface area (Å²) in [5.41, 5.74) is 0.225. The van der Waals surface area contributed by atoms with Gasteiger partial charge >= 0.3 is 5.69 Å². The van der Waals surface area contributed by atoms with Crippen molar-refractivity contribution in [1.29, 1.82) is 0 Å². The summed E-state index contributed by atoms with van der Waals surface area (Å²) >= 11 is 0. The third-order valence-corrected chi connectivity index (χ3v) is 2.44. The molecule has 0 unspecified atom stereocenters. The van der Waals surface area contributed by atoms with E-state index in [1.165, 1.54) is 17.1 Å². The van der Waals surface area contributed by atoms with Crippen LogP contribution in [0.15, 0.2) is 23.5 Å². The predicted octanol–water partition coefficient (Wildman–Crippen LogP) is -0.810. The zero-order valence-corrected chi connectivity index (χ0v) is 9.29. The van der Waals surface area contributed by atoms with E-state index in [0.717, 1.165) is 5.82 Å². The maximum absolute atomic E-state index is 11.2. The molecule has 0 aliphatic rings. The lowest BCUT2D eigenvalue weighted by Gasteiger charge is -2.03. The SMILES string of the molecule is O=c1[nH]nc2cc(NCCc3ncn[nH]3)ncn12. The Hall–Kier alpha value is -2.71. The van der Waals surface area contributed by atoms with E-state index >= 15 is 0 Å². The second kappa shape index (κ2) is 4.28. The molecule has 0 aromatic carbocycles. The van der Waals surface area contributed by atoms with Crippen molar-refractivity contribution < 1.29 is 0 Å². The Morgan fingerprint density at radius 2 is 2.28 bits per heavy atom. The van der Waals surface area contributed by atoms with E-state index in [4.69, 9.17) is 0 Å². The van der Waals surface area contributed by atoms with Crippen molar-refractivity contribution in [3.63, 3.8) is 0 Å². The molecule has 9 nitrogen and oxygen atoms in total. The summed E-state index contributed by atoms with van der Waals surface area (Å²) in [6.45, 7) is 0.660. The summed E-state index contributed by atoms with van der Waals surface area (Å²) in [6.07, 6.45) is 3.61. The molecular formula is C9H10N8O. The molecule has 0 atom stereocenters. The highest BCUT2D eigenvalue weighted by Gasteiger charge is 2.02. The van der Waals surface area contributed by atoms with Crippen molar-refractivity contribution in [3.8, 4) is 0 Å². The minimum absolute atomic E-state index is 0.300. The lowest BCUT2D eigenvalue weighted by molar-refractivity contribution is 0.894. The third kappa shape index (κ3) is 1.93. The molecule has 3 rings (SSSR count). The summed E-state index contributed by atoms with van der Waals surface area (Å²) in [6, 6.07) is 1.69. The number of anilines is 1. The lowest BCUT2D eigenvalue weighted by Crippen LogP contribution is -2.11. The molecule has 3 N–H and O–H groups in total. The number of hydrogen-bond acceptors (Lipinski definition) is 6. The number of aromatic nitrogens is 7. The Morgan fingerprint density at radius 3 is 3.11 bits per heavy atom. The van der Waals surface area contributed by atoms with Crippen LogP contribution < -0.4 is 11.0 Å². The first kappa shape index (κ1) is 10.4. The summed E-state index contributed by atoms with van der Waals surface area (Å²) in [5, 5.41) is 15.9. The van der Waals surface area contributed by atoms with E-state index in [2.05, 4.69) is 35.7 Å². The molecular weight excluding hydrogens is 236 g/mol. The minimum atomic E-state index is -0.300. The predicted molar refractivity (Wildman–Crippen MR) is 62.2 cm³/mol. The molecule has 3 aromatic rings.